The SMILES string of the molecule is O=CNC(=O)c1ccccc1-c1ccccc1. The van der Waals surface area contributed by atoms with E-state index in [2.05, 4.69) is 5.32 Å². The molecule has 2 amide bonds. The summed E-state index contributed by atoms with van der Waals surface area (Å²) in [6.45, 7) is 0. The third-order valence-electron chi connectivity index (χ3n) is 2.45. The zero-order chi connectivity index (χ0) is 12.1. The quantitative estimate of drug-likeness (QED) is 0.814. The summed E-state index contributed by atoms with van der Waals surface area (Å²) < 4.78 is 0. The summed E-state index contributed by atoms with van der Waals surface area (Å²) in [7, 11) is 0. The van der Waals surface area contributed by atoms with Gasteiger partial charge in [-0.3, -0.25) is 14.9 Å². The standard InChI is InChI=1S/C14H11NO2/c16-10-15-14(17)13-9-5-4-8-12(13)11-6-2-1-3-7-11/h1-10H,(H,15,16,17). The van der Waals surface area contributed by atoms with Crippen LogP contribution in [0.15, 0.2) is 54.6 Å². The van der Waals surface area contributed by atoms with Gasteiger partial charge in [0.05, 0.1) is 0 Å². The first-order valence-electron chi connectivity index (χ1n) is 5.22. The molecule has 0 aliphatic rings. The molecule has 0 spiro atoms. The summed E-state index contributed by atoms with van der Waals surface area (Å²) in [5.41, 5.74) is 2.25. The molecule has 0 radical (unpaired) electrons. The molecule has 0 aromatic heterocycles. The fourth-order valence-electron chi connectivity index (χ4n) is 1.68. The second-order valence-corrected chi connectivity index (χ2v) is 3.50. The van der Waals surface area contributed by atoms with Gasteiger partial charge < -0.3 is 0 Å². The lowest BCUT2D eigenvalue weighted by Crippen LogP contribution is -2.21. The average molecular weight is 225 g/mol. The third kappa shape index (κ3) is 2.39. The molecule has 0 atom stereocenters. The zero-order valence-corrected chi connectivity index (χ0v) is 9.09. The monoisotopic (exact) mass is 225 g/mol. The number of carbonyl (C=O) groups is 2. The lowest BCUT2D eigenvalue weighted by Gasteiger charge is -2.07. The number of nitrogens with one attached hydrogen (secondary N) is 1. The van der Waals surface area contributed by atoms with E-state index in [-0.39, 0.29) is 5.91 Å². The molecular weight excluding hydrogens is 214 g/mol. The van der Waals surface area contributed by atoms with Gasteiger partial charge in [-0.2, -0.15) is 0 Å². The molecule has 0 bridgehead atoms. The Bertz CT molecular complexity index is 535. The number of amides is 2. The number of hydrogen-bond donors (Lipinski definition) is 1. The van der Waals surface area contributed by atoms with Gasteiger partial charge in [0.25, 0.3) is 5.91 Å². The van der Waals surface area contributed by atoms with Crippen molar-refractivity contribution >= 4 is 12.3 Å². The van der Waals surface area contributed by atoms with Crippen LogP contribution in [0.2, 0.25) is 0 Å². The first-order valence-corrected chi connectivity index (χ1v) is 5.22. The fraction of sp³-hybridized carbons (Fsp3) is 0. The number of imide groups is 1. The van der Waals surface area contributed by atoms with E-state index < -0.39 is 0 Å². The van der Waals surface area contributed by atoms with Crippen molar-refractivity contribution < 1.29 is 9.59 Å². The molecule has 84 valence electrons. The van der Waals surface area contributed by atoms with Crippen LogP contribution in [0.1, 0.15) is 10.4 Å². The van der Waals surface area contributed by atoms with E-state index in [0.717, 1.165) is 11.1 Å². The van der Waals surface area contributed by atoms with Gasteiger partial charge in [-0.05, 0) is 17.2 Å². The van der Waals surface area contributed by atoms with Crippen molar-refractivity contribution in [2.24, 2.45) is 0 Å². The predicted molar refractivity (Wildman–Crippen MR) is 65.4 cm³/mol. The third-order valence-corrected chi connectivity index (χ3v) is 2.45. The van der Waals surface area contributed by atoms with Gasteiger partial charge in [-0.15, -0.1) is 0 Å². The maximum Gasteiger partial charge on any atom is 0.258 e. The van der Waals surface area contributed by atoms with Gasteiger partial charge >= 0.3 is 0 Å². The minimum atomic E-state index is -0.389. The maximum atomic E-state index is 11.7. The molecule has 17 heavy (non-hydrogen) atoms. The average Bonchev–Trinajstić information content (AvgIpc) is 2.40. The highest BCUT2D eigenvalue weighted by Gasteiger charge is 2.10. The van der Waals surface area contributed by atoms with Crippen LogP contribution in [0.4, 0.5) is 0 Å². The molecule has 2 aromatic rings. The Morgan fingerprint density at radius 1 is 0.941 bits per heavy atom. The van der Waals surface area contributed by atoms with Gasteiger partial charge in [-0.25, -0.2) is 0 Å². The second-order valence-electron chi connectivity index (χ2n) is 3.50. The van der Waals surface area contributed by atoms with Gasteiger partial charge in [0, 0.05) is 5.56 Å². The molecule has 0 heterocycles. The Balaban J connectivity index is 2.48. The van der Waals surface area contributed by atoms with Crippen LogP contribution < -0.4 is 5.32 Å². The van der Waals surface area contributed by atoms with Gasteiger partial charge in [0.15, 0.2) is 0 Å². The fourth-order valence-corrected chi connectivity index (χ4v) is 1.68. The van der Waals surface area contributed by atoms with Crippen molar-refractivity contribution in [3.05, 3.63) is 60.2 Å². The molecule has 1 N–H and O–H groups in total. The molecule has 3 nitrogen and oxygen atoms in total. The molecular formula is C14H11NO2. The summed E-state index contributed by atoms with van der Waals surface area (Å²) in [6, 6.07) is 16.8. The molecule has 0 saturated carbocycles. The Hall–Kier alpha value is -2.42. The smallest absolute Gasteiger partial charge is 0.258 e. The van der Waals surface area contributed by atoms with Crippen LogP contribution >= 0.6 is 0 Å². The summed E-state index contributed by atoms with van der Waals surface area (Å²) in [4.78, 5) is 22.0. The molecule has 0 saturated heterocycles. The van der Waals surface area contributed by atoms with Crippen molar-refractivity contribution in [3.8, 4) is 11.1 Å². The van der Waals surface area contributed by atoms with Crippen molar-refractivity contribution in [1.29, 1.82) is 0 Å². The van der Waals surface area contributed by atoms with Crippen LogP contribution in [0.3, 0.4) is 0 Å². The summed E-state index contributed by atoms with van der Waals surface area (Å²) in [5.74, 6) is -0.389. The summed E-state index contributed by atoms with van der Waals surface area (Å²) >= 11 is 0. The van der Waals surface area contributed by atoms with E-state index in [1.165, 1.54) is 0 Å². The highest BCUT2D eigenvalue weighted by atomic mass is 16.2. The molecule has 0 unspecified atom stereocenters. The lowest BCUT2D eigenvalue weighted by atomic mass is 9.99. The Labute approximate surface area is 99.1 Å². The van der Waals surface area contributed by atoms with Gasteiger partial charge in [-0.1, -0.05) is 48.5 Å². The molecule has 0 aliphatic heterocycles. The van der Waals surface area contributed by atoms with Crippen molar-refractivity contribution in [2.75, 3.05) is 0 Å². The molecule has 2 rings (SSSR count). The van der Waals surface area contributed by atoms with E-state index in [0.29, 0.717) is 12.0 Å². The van der Waals surface area contributed by atoms with Crippen LogP contribution in [-0.2, 0) is 4.79 Å². The molecule has 2 aromatic carbocycles. The van der Waals surface area contributed by atoms with E-state index >= 15 is 0 Å². The maximum absolute atomic E-state index is 11.7. The molecule has 0 fully saturated rings. The van der Waals surface area contributed by atoms with Gasteiger partial charge in [0.2, 0.25) is 6.41 Å². The highest BCUT2D eigenvalue weighted by molar-refractivity contribution is 6.04. The largest absolute Gasteiger partial charge is 0.295 e. The van der Waals surface area contributed by atoms with Crippen LogP contribution in [0.25, 0.3) is 11.1 Å². The highest BCUT2D eigenvalue weighted by Crippen LogP contribution is 2.22. The number of rotatable bonds is 3. The van der Waals surface area contributed by atoms with Crippen LogP contribution in [-0.4, -0.2) is 12.3 Å². The first kappa shape index (κ1) is 11.1. The summed E-state index contributed by atoms with van der Waals surface area (Å²) in [5, 5.41) is 2.15. The topological polar surface area (TPSA) is 46.2 Å². The van der Waals surface area contributed by atoms with Gasteiger partial charge in [0.1, 0.15) is 0 Å². The molecule has 3 heteroatoms. The number of carbonyl (C=O) groups excluding carboxylic acids is 2. The number of benzene rings is 2. The minimum absolute atomic E-state index is 0.389. The van der Waals surface area contributed by atoms with Crippen molar-refractivity contribution in [2.45, 2.75) is 0 Å². The lowest BCUT2D eigenvalue weighted by molar-refractivity contribution is -0.108. The van der Waals surface area contributed by atoms with Crippen LogP contribution in [0.5, 0.6) is 0 Å². The Kier molecular flexibility index (Phi) is 3.31. The Morgan fingerprint density at radius 3 is 2.29 bits per heavy atom. The normalized spacial score (nSPS) is 9.65. The summed E-state index contributed by atoms with van der Waals surface area (Å²) in [6.07, 6.45) is 0.393. The van der Waals surface area contributed by atoms with E-state index in [9.17, 15) is 9.59 Å². The van der Waals surface area contributed by atoms with Crippen molar-refractivity contribution in [3.63, 3.8) is 0 Å². The van der Waals surface area contributed by atoms with E-state index in [4.69, 9.17) is 0 Å². The second kappa shape index (κ2) is 5.07. The Morgan fingerprint density at radius 2 is 1.59 bits per heavy atom. The van der Waals surface area contributed by atoms with Crippen molar-refractivity contribution in [1.82, 2.24) is 5.32 Å². The first-order chi connectivity index (χ1) is 8.33. The van der Waals surface area contributed by atoms with E-state index in [1.807, 2.05) is 42.5 Å². The van der Waals surface area contributed by atoms with Crippen LogP contribution in [0, 0.1) is 0 Å². The predicted octanol–water partition coefficient (Wildman–Crippen LogP) is 2.24. The zero-order valence-electron chi connectivity index (χ0n) is 9.09. The number of hydrogen-bond acceptors (Lipinski definition) is 2. The van der Waals surface area contributed by atoms with E-state index in [1.54, 1.807) is 12.1 Å². The molecule has 0 aliphatic carbocycles. The minimum Gasteiger partial charge on any atom is -0.295 e.